The number of hydrogen-bond acceptors (Lipinski definition) is 4. The minimum Gasteiger partial charge on any atom is -0.396 e. The third kappa shape index (κ3) is 2.85. The van der Waals surface area contributed by atoms with E-state index >= 15 is 0 Å². The standard InChI is InChI=1S/C11H14F2N2O3S/c1-11(2-3-18-6-11)15-19(16,17)10-5-9(14)7(12)4-8(10)13/h4-5,15H,2-3,6,14H2,1H3. The SMILES string of the molecule is CC1(NS(=O)(=O)c2cc(N)c(F)cc2F)CCOC1. The first-order chi connectivity index (χ1) is 8.73. The lowest BCUT2D eigenvalue weighted by Gasteiger charge is -2.23. The van der Waals surface area contributed by atoms with Gasteiger partial charge in [0.25, 0.3) is 0 Å². The van der Waals surface area contributed by atoms with Gasteiger partial charge in [-0.3, -0.25) is 0 Å². The van der Waals surface area contributed by atoms with E-state index in [2.05, 4.69) is 4.72 Å². The molecule has 0 saturated carbocycles. The number of hydrogen-bond donors (Lipinski definition) is 2. The first-order valence-corrected chi connectivity index (χ1v) is 7.08. The second kappa shape index (κ2) is 4.69. The summed E-state index contributed by atoms with van der Waals surface area (Å²) in [5.74, 6) is -2.17. The lowest BCUT2D eigenvalue weighted by molar-refractivity contribution is 0.178. The third-order valence-electron chi connectivity index (χ3n) is 2.94. The molecular formula is C11H14F2N2O3S. The Morgan fingerprint density at radius 2 is 2.05 bits per heavy atom. The highest BCUT2D eigenvalue weighted by Crippen LogP contribution is 2.25. The van der Waals surface area contributed by atoms with E-state index in [1.807, 2.05) is 0 Å². The zero-order valence-electron chi connectivity index (χ0n) is 10.2. The number of sulfonamides is 1. The van der Waals surface area contributed by atoms with Crippen molar-refractivity contribution in [2.45, 2.75) is 23.8 Å². The van der Waals surface area contributed by atoms with Gasteiger partial charge in [-0.1, -0.05) is 0 Å². The van der Waals surface area contributed by atoms with Crippen molar-refractivity contribution in [2.75, 3.05) is 18.9 Å². The number of rotatable bonds is 3. The van der Waals surface area contributed by atoms with Gasteiger partial charge in [-0.25, -0.2) is 21.9 Å². The fourth-order valence-electron chi connectivity index (χ4n) is 1.88. The predicted molar refractivity (Wildman–Crippen MR) is 64.9 cm³/mol. The lowest BCUT2D eigenvalue weighted by Crippen LogP contribution is -2.46. The molecular weight excluding hydrogens is 278 g/mol. The van der Waals surface area contributed by atoms with Gasteiger partial charge in [-0.05, 0) is 19.4 Å². The van der Waals surface area contributed by atoms with Crippen molar-refractivity contribution in [3.05, 3.63) is 23.8 Å². The van der Waals surface area contributed by atoms with Crippen LogP contribution in [0.3, 0.4) is 0 Å². The molecule has 1 atom stereocenters. The van der Waals surface area contributed by atoms with Crippen molar-refractivity contribution in [3.63, 3.8) is 0 Å². The van der Waals surface area contributed by atoms with Crippen molar-refractivity contribution >= 4 is 15.7 Å². The zero-order chi connectivity index (χ0) is 14.3. The average Bonchev–Trinajstić information content (AvgIpc) is 2.68. The van der Waals surface area contributed by atoms with Crippen LogP contribution < -0.4 is 10.5 Å². The quantitative estimate of drug-likeness (QED) is 0.815. The Morgan fingerprint density at radius 3 is 2.63 bits per heavy atom. The molecule has 1 heterocycles. The fourth-order valence-corrected chi connectivity index (χ4v) is 3.40. The second-order valence-electron chi connectivity index (χ2n) is 4.77. The van der Waals surface area contributed by atoms with Crippen LogP contribution in [-0.2, 0) is 14.8 Å². The first kappa shape index (κ1) is 14.2. The number of ether oxygens (including phenoxy) is 1. The van der Waals surface area contributed by atoms with E-state index in [9.17, 15) is 17.2 Å². The predicted octanol–water partition coefficient (Wildman–Crippen LogP) is 1.00. The molecule has 0 amide bonds. The van der Waals surface area contributed by atoms with Crippen molar-refractivity contribution in [3.8, 4) is 0 Å². The van der Waals surface area contributed by atoms with Crippen LogP contribution in [0, 0.1) is 11.6 Å². The van der Waals surface area contributed by atoms with E-state index in [0.717, 1.165) is 6.07 Å². The number of nitrogens with one attached hydrogen (secondary N) is 1. The molecule has 1 aromatic rings. The van der Waals surface area contributed by atoms with Gasteiger partial charge in [-0.15, -0.1) is 0 Å². The maximum absolute atomic E-state index is 13.6. The molecule has 0 bridgehead atoms. The third-order valence-corrected chi connectivity index (χ3v) is 4.59. The van der Waals surface area contributed by atoms with Crippen LogP contribution in [0.5, 0.6) is 0 Å². The van der Waals surface area contributed by atoms with Crippen molar-refractivity contribution in [1.29, 1.82) is 0 Å². The summed E-state index contributed by atoms with van der Waals surface area (Å²) in [6, 6.07) is 1.23. The topological polar surface area (TPSA) is 81.4 Å². The van der Waals surface area contributed by atoms with Crippen molar-refractivity contribution in [1.82, 2.24) is 4.72 Å². The van der Waals surface area contributed by atoms with E-state index in [0.29, 0.717) is 19.1 Å². The average molecular weight is 292 g/mol. The Bertz CT molecular complexity index is 598. The Balaban J connectivity index is 2.37. The van der Waals surface area contributed by atoms with Gasteiger partial charge in [0.2, 0.25) is 10.0 Å². The van der Waals surface area contributed by atoms with Gasteiger partial charge < -0.3 is 10.5 Å². The smallest absolute Gasteiger partial charge is 0.244 e. The number of benzene rings is 1. The van der Waals surface area contributed by atoms with E-state index in [-0.39, 0.29) is 6.61 Å². The summed E-state index contributed by atoms with van der Waals surface area (Å²) in [5, 5.41) is 0. The van der Waals surface area contributed by atoms with Gasteiger partial charge in [0.15, 0.2) is 0 Å². The Morgan fingerprint density at radius 1 is 1.37 bits per heavy atom. The summed E-state index contributed by atoms with van der Waals surface area (Å²) in [6.45, 7) is 2.28. The molecule has 0 aliphatic carbocycles. The monoisotopic (exact) mass is 292 g/mol. The highest BCUT2D eigenvalue weighted by molar-refractivity contribution is 7.89. The van der Waals surface area contributed by atoms with Crippen LogP contribution in [0.4, 0.5) is 14.5 Å². The fraction of sp³-hybridized carbons (Fsp3) is 0.455. The highest BCUT2D eigenvalue weighted by atomic mass is 32.2. The van der Waals surface area contributed by atoms with Gasteiger partial charge in [0.05, 0.1) is 17.8 Å². The maximum atomic E-state index is 13.6. The summed E-state index contributed by atoms with van der Waals surface area (Å²) in [7, 11) is -4.12. The molecule has 1 aliphatic rings. The summed E-state index contributed by atoms with van der Waals surface area (Å²) < 4.78 is 58.3. The van der Waals surface area contributed by atoms with Gasteiger partial charge in [0.1, 0.15) is 16.5 Å². The summed E-state index contributed by atoms with van der Waals surface area (Å²) in [4.78, 5) is -0.667. The maximum Gasteiger partial charge on any atom is 0.244 e. The van der Waals surface area contributed by atoms with Crippen molar-refractivity contribution < 1.29 is 21.9 Å². The molecule has 1 fully saturated rings. The van der Waals surface area contributed by atoms with Gasteiger partial charge >= 0.3 is 0 Å². The second-order valence-corrected chi connectivity index (χ2v) is 6.42. The summed E-state index contributed by atoms with van der Waals surface area (Å²) >= 11 is 0. The van der Waals surface area contributed by atoms with Crippen LogP contribution in [-0.4, -0.2) is 27.2 Å². The Hall–Kier alpha value is -1.25. The molecule has 1 aromatic carbocycles. The minimum absolute atomic E-state index is 0.199. The van der Waals surface area contributed by atoms with Crippen LogP contribution in [0.15, 0.2) is 17.0 Å². The largest absolute Gasteiger partial charge is 0.396 e. The van der Waals surface area contributed by atoms with Crippen LogP contribution in [0.25, 0.3) is 0 Å². The molecule has 3 N–H and O–H groups in total. The van der Waals surface area contributed by atoms with Crippen LogP contribution in [0.1, 0.15) is 13.3 Å². The van der Waals surface area contributed by atoms with Crippen LogP contribution >= 0.6 is 0 Å². The summed E-state index contributed by atoms with van der Waals surface area (Å²) in [5.41, 5.74) is 4.05. The highest BCUT2D eigenvalue weighted by Gasteiger charge is 2.35. The molecule has 1 saturated heterocycles. The Kier molecular flexibility index (Phi) is 3.50. The van der Waals surface area contributed by atoms with Gasteiger partial charge in [0, 0.05) is 12.7 Å². The first-order valence-electron chi connectivity index (χ1n) is 5.60. The normalized spacial score (nSPS) is 23.7. The molecule has 106 valence electrons. The van der Waals surface area contributed by atoms with Crippen molar-refractivity contribution in [2.24, 2.45) is 0 Å². The van der Waals surface area contributed by atoms with E-state index in [1.54, 1.807) is 6.92 Å². The summed E-state index contributed by atoms with van der Waals surface area (Å²) in [6.07, 6.45) is 0.477. The Labute approximate surface area is 109 Å². The molecule has 8 heteroatoms. The van der Waals surface area contributed by atoms with Crippen LogP contribution in [0.2, 0.25) is 0 Å². The molecule has 0 aromatic heterocycles. The molecule has 1 aliphatic heterocycles. The molecule has 19 heavy (non-hydrogen) atoms. The van der Waals surface area contributed by atoms with E-state index in [4.69, 9.17) is 10.5 Å². The number of halogens is 2. The van der Waals surface area contributed by atoms with Gasteiger partial charge in [-0.2, -0.15) is 0 Å². The van der Waals surface area contributed by atoms with E-state index < -0.39 is 37.8 Å². The molecule has 0 spiro atoms. The van der Waals surface area contributed by atoms with E-state index in [1.165, 1.54) is 0 Å². The molecule has 1 unspecified atom stereocenters. The lowest BCUT2D eigenvalue weighted by atomic mass is 10.0. The number of anilines is 1. The minimum atomic E-state index is -4.12. The zero-order valence-corrected chi connectivity index (χ0v) is 11.1. The number of nitrogens with two attached hydrogens (primary N) is 1. The molecule has 5 nitrogen and oxygen atoms in total. The number of nitrogen functional groups attached to an aromatic ring is 1. The molecule has 2 rings (SSSR count). The molecule has 0 radical (unpaired) electrons.